The van der Waals surface area contributed by atoms with Crippen molar-refractivity contribution in [1.82, 2.24) is 15.1 Å². The topological polar surface area (TPSA) is 93.1 Å². The Labute approximate surface area is 160 Å². The number of amides is 2. The van der Waals surface area contributed by atoms with Crippen LogP contribution in [0.25, 0.3) is 0 Å². The Morgan fingerprint density at radius 3 is 2.59 bits per heavy atom. The van der Waals surface area contributed by atoms with E-state index < -0.39 is 9.84 Å². The fourth-order valence-corrected chi connectivity index (χ4v) is 4.81. The molecule has 1 atom stereocenters. The number of benzene rings is 1. The van der Waals surface area contributed by atoms with Gasteiger partial charge in [-0.1, -0.05) is 30.3 Å². The lowest BCUT2D eigenvalue weighted by Gasteiger charge is -2.22. The van der Waals surface area contributed by atoms with Crippen LogP contribution in [-0.4, -0.2) is 42.3 Å². The number of anilines is 1. The maximum atomic E-state index is 12.2. The first-order chi connectivity index (χ1) is 12.8. The number of aryl methyl sites for hydroxylation is 1. The van der Waals surface area contributed by atoms with E-state index in [1.54, 1.807) is 0 Å². The van der Waals surface area contributed by atoms with Gasteiger partial charge in [0.1, 0.15) is 9.84 Å². The molecular weight excluding hydrogens is 364 g/mol. The fourth-order valence-electron chi connectivity index (χ4n) is 3.22. The molecule has 7 nitrogen and oxygen atoms in total. The van der Waals surface area contributed by atoms with Crippen LogP contribution in [0, 0.1) is 12.8 Å². The van der Waals surface area contributed by atoms with Crippen molar-refractivity contribution in [2.24, 2.45) is 5.92 Å². The Kier molecular flexibility index (Phi) is 5.84. The van der Waals surface area contributed by atoms with Crippen LogP contribution in [0.5, 0.6) is 0 Å². The number of aromatic nitrogens is 2. The molecule has 1 fully saturated rings. The Hall–Kier alpha value is -2.35. The molecule has 2 amide bonds. The van der Waals surface area contributed by atoms with E-state index in [1.165, 1.54) is 0 Å². The van der Waals surface area contributed by atoms with Crippen LogP contribution in [0.3, 0.4) is 0 Å². The first-order valence-electron chi connectivity index (χ1n) is 9.20. The van der Waals surface area contributed by atoms with Crippen LogP contribution in [0.15, 0.2) is 36.5 Å². The average molecular weight is 391 g/mol. The minimum absolute atomic E-state index is 0.0627. The summed E-state index contributed by atoms with van der Waals surface area (Å²) in [6, 6.07) is 9.80. The molecule has 1 aliphatic rings. The molecule has 0 radical (unpaired) electrons. The van der Waals surface area contributed by atoms with Gasteiger partial charge in [0.2, 0.25) is 0 Å². The van der Waals surface area contributed by atoms with E-state index in [1.807, 2.05) is 48.1 Å². The SMILES string of the molecule is Cc1cn(C(C)c2ccccc2)nc1NC(=O)NCC1CCS(=O)(=O)CC1. The van der Waals surface area contributed by atoms with Crippen molar-refractivity contribution in [1.29, 1.82) is 0 Å². The molecule has 1 unspecified atom stereocenters. The van der Waals surface area contributed by atoms with Crippen LogP contribution in [0.4, 0.5) is 10.6 Å². The summed E-state index contributed by atoms with van der Waals surface area (Å²) in [6.07, 6.45) is 3.12. The van der Waals surface area contributed by atoms with Gasteiger partial charge in [0.05, 0.1) is 17.5 Å². The Bertz CT molecular complexity index is 879. The van der Waals surface area contributed by atoms with Gasteiger partial charge in [-0.3, -0.25) is 10.00 Å². The summed E-state index contributed by atoms with van der Waals surface area (Å²) >= 11 is 0. The summed E-state index contributed by atoms with van der Waals surface area (Å²) in [5.41, 5.74) is 2.03. The molecular formula is C19H26N4O3S. The minimum Gasteiger partial charge on any atom is -0.338 e. The van der Waals surface area contributed by atoms with Crippen molar-refractivity contribution < 1.29 is 13.2 Å². The third kappa shape index (κ3) is 5.09. The first kappa shape index (κ1) is 19.4. The summed E-state index contributed by atoms with van der Waals surface area (Å²) in [7, 11) is -2.88. The smallest absolute Gasteiger partial charge is 0.320 e. The predicted octanol–water partition coefficient (Wildman–Crippen LogP) is 2.75. The summed E-state index contributed by atoms with van der Waals surface area (Å²) in [5.74, 6) is 1.15. The molecule has 8 heteroatoms. The van der Waals surface area contributed by atoms with Gasteiger partial charge in [-0.25, -0.2) is 13.2 Å². The first-order valence-corrected chi connectivity index (χ1v) is 11.0. The summed E-state index contributed by atoms with van der Waals surface area (Å²) < 4.78 is 24.8. The highest BCUT2D eigenvalue weighted by molar-refractivity contribution is 7.91. The predicted molar refractivity (Wildman–Crippen MR) is 106 cm³/mol. The third-order valence-corrected chi connectivity index (χ3v) is 6.77. The second-order valence-corrected chi connectivity index (χ2v) is 9.46. The molecule has 1 aromatic heterocycles. The number of carbonyl (C=O) groups excluding carboxylic acids is 1. The van der Waals surface area contributed by atoms with Gasteiger partial charge in [0.25, 0.3) is 0 Å². The van der Waals surface area contributed by atoms with E-state index in [0.29, 0.717) is 25.2 Å². The van der Waals surface area contributed by atoms with Crippen molar-refractivity contribution in [2.75, 3.05) is 23.4 Å². The van der Waals surface area contributed by atoms with E-state index in [4.69, 9.17) is 0 Å². The molecule has 0 saturated carbocycles. The zero-order valence-electron chi connectivity index (χ0n) is 15.7. The number of nitrogens with zero attached hydrogens (tertiary/aromatic N) is 2. The molecule has 0 spiro atoms. The highest BCUT2D eigenvalue weighted by Crippen LogP contribution is 2.21. The molecule has 1 saturated heterocycles. The van der Waals surface area contributed by atoms with E-state index in [0.717, 1.165) is 11.1 Å². The quantitative estimate of drug-likeness (QED) is 0.821. The van der Waals surface area contributed by atoms with E-state index in [9.17, 15) is 13.2 Å². The van der Waals surface area contributed by atoms with Gasteiger partial charge in [0.15, 0.2) is 5.82 Å². The molecule has 27 heavy (non-hydrogen) atoms. The standard InChI is InChI=1S/C19H26N4O3S/c1-14-13-23(15(2)17-6-4-3-5-7-17)22-18(14)21-19(24)20-12-16-8-10-27(25,26)11-9-16/h3-7,13,15-16H,8-12H2,1-2H3,(H2,20,21,22,24). The highest BCUT2D eigenvalue weighted by Gasteiger charge is 2.24. The second kappa shape index (κ2) is 8.12. The molecule has 2 aromatic rings. The lowest BCUT2D eigenvalue weighted by molar-refractivity contribution is 0.249. The molecule has 3 rings (SSSR count). The fraction of sp³-hybridized carbons (Fsp3) is 0.474. The van der Waals surface area contributed by atoms with Gasteiger partial charge in [-0.2, -0.15) is 5.10 Å². The van der Waals surface area contributed by atoms with E-state index in [2.05, 4.69) is 22.7 Å². The zero-order chi connectivity index (χ0) is 19.4. The lowest BCUT2D eigenvalue weighted by atomic mass is 10.0. The van der Waals surface area contributed by atoms with Gasteiger partial charge >= 0.3 is 6.03 Å². The van der Waals surface area contributed by atoms with Crippen LogP contribution in [0.1, 0.15) is 36.9 Å². The van der Waals surface area contributed by atoms with Crippen molar-refractivity contribution in [3.8, 4) is 0 Å². The van der Waals surface area contributed by atoms with Crippen molar-refractivity contribution in [3.05, 3.63) is 47.7 Å². The number of urea groups is 1. The van der Waals surface area contributed by atoms with Crippen LogP contribution < -0.4 is 10.6 Å². The molecule has 1 aromatic carbocycles. The number of rotatable bonds is 5. The van der Waals surface area contributed by atoms with Crippen LogP contribution >= 0.6 is 0 Å². The molecule has 0 bridgehead atoms. The molecule has 2 heterocycles. The average Bonchev–Trinajstić information content (AvgIpc) is 3.01. The van der Waals surface area contributed by atoms with Gasteiger partial charge < -0.3 is 5.32 Å². The van der Waals surface area contributed by atoms with Gasteiger partial charge in [-0.05, 0) is 38.2 Å². The Morgan fingerprint density at radius 2 is 1.93 bits per heavy atom. The van der Waals surface area contributed by atoms with Gasteiger partial charge in [0, 0.05) is 18.3 Å². The maximum absolute atomic E-state index is 12.2. The van der Waals surface area contributed by atoms with E-state index >= 15 is 0 Å². The maximum Gasteiger partial charge on any atom is 0.320 e. The normalized spacial score (nSPS) is 18.0. The lowest BCUT2D eigenvalue weighted by Crippen LogP contribution is -2.36. The number of nitrogens with one attached hydrogen (secondary N) is 2. The Balaban J connectivity index is 1.55. The van der Waals surface area contributed by atoms with Gasteiger partial charge in [-0.15, -0.1) is 0 Å². The summed E-state index contributed by atoms with van der Waals surface area (Å²) in [6.45, 7) is 4.44. The minimum atomic E-state index is -2.88. The highest BCUT2D eigenvalue weighted by atomic mass is 32.2. The van der Waals surface area contributed by atoms with Crippen LogP contribution in [-0.2, 0) is 9.84 Å². The molecule has 0 aliphatic carbocycles. The number of sulfone groups is 1. The number of carbonyl (C=O) groups is 1. The largest absolute Gasteiger partial charge is 0.338 e. The van der Waals surface area contributed by atoms with Crippen molar-refractivity contribution in [3.63, 3.8) is 0 Å². The summed E-state index contributed by atoms with van der Waals surface area (Å²) in [4.78, 5) is 12.2. The zero-order valence-corrected chi connectivity index (χ0v) is 16.5. The third-order valence-electron chi connectivity index (χ3n) is 5.05. The Morgan fingerprint density at radius 1 is 1.26 bits per heavy atom. The van der Waals surface area contributed by atoms with Crippen LogP contribution in [0.2, 0.25) is 0 Å². The van der Waals surface area contributed by atoms with Crippen molar-refractivity contribution in [2.45, 2.75) is 32.7 Å². The molecule has 2 N–H and O–H groups in total. The monoisotopic (exact) mass is 390 g/mol. The molecule has 146 valence electrons. The van der Waals surface area contributed by atoms with Crippen molar-refractivity contribution >= 4 is 21.7 Å². The summed E-state index contributed by atoms with van der Waals surface area (Å²) in [5, 5.41) is 10.1. The number of hydrogen-bond donors (Lipinski definition) is 2. The second-order valence-electron chi connectivity index (χ2n) is 7.16. The van der Waals surface area contributed by atoms with E-state index in [-0.39, 0.29) is 29.5 Å². The number of hydrogen-bond acceptors (Lipinski definition) is 4. The molecule has 1 aliphatic heterocycles.